The molecule has 0 fully saturated rings. The summed E-state index contributed by atoms with van der Waals surface area (Å²) in [6.07, 6.45) is 1.27. The van der Waals surface area contributed by atoms with Crippen LogP contribution in [0.5, 0.6) is 0 Å². The number of nitrogens with one attached hydrogen (secondary N) is 2. The van der Waals surface area contributed by atoms with Gasteiger partial charge in [0.1, 0.15) is 6.17 Å². The van der Waals surface area contributed by atoms with Crippen LogP contribution in [0.25, 0.3) is 0 Å². The first-order valence-corrected chi connectivity index (χ1v) is 2.34. The fourth-order valence-electron chi connectivity index (χ4n) is 0.409. The van der Waals surface area contributed by atoms with Crippen molar-refractivity contribution in [3.05, 3.63) is 0 Å². The van der Waals surface area contributed by atoms with E-state index >= 15 is 0 Å². The minimum absolute atomic E-state index is 0. The van der Waals surface area contributed by atoms with Crippen LogP contribution in [0.1, 0.15) is 13.3 Å². The van der Waals surface area contributed by atoms with Crippen molar-refractivity contribution in [3.8, 4) is 0 Å². The van der Waals surface area contributed by atoms with E-state index in [1.54, 1.807) is 0 Å². The van der Waals surface area contributed by atoms with E-state index in [0.717, 1.165) is 6.42 Å². The van der Waals surface area contributed by atoms with E-state index in [-0.39, 0.29) is 18.6 Å². The van der Waals surface area contributed by atoms with Crippen LogP contribution in [0.3, 0.4) is 0 Å². The molecule has 0 radical (unpaired) electrons. The number of hydrogen-bond acceptors (Lipinski definition) is 4. The molecule has 0 aliphatic carbocycles. The summed E-state index contributed by atoms with van der Waals surface area (Å²) in [6, 6.07) is 0. The van der Waals surface area contributed by atoms with Gasteiger partial charge in [-0.25, -0.2) is 0 Å². The van der Waals surface area contributed by atoms with Crippen molar-refractivity contribution in [2.45, 2.75) is 19.5 Å². The lowest BCUT2D eigenvalue weighted by molar-refractivity contribution is 0.508. The van der Waals surface area contributed by atoms with Gasteiger partial charge in [-0.05, 0) is 6.42 Å². The zero-order chi connectivity index (χ0) is 5.11. The maximum absolute atomic E-state index is 3.50. The largest absolute Gasteiger partial charge is 0.266 e. The number of rotatable bonds is 1. The monoisotopic (exact) mass is 136 g/mol. The summed E-state index contributed by atoms with van der Waals surface area (Å²) in [4.78, 5) is 0. The molecule has 0 saturated carbocycles. The molecule has 0 aromatic rings. The lowest BCUT2D eigenvalue weighted by Gasteiger charge is -2.01. The van der Waals surface area contributed by atoms with Gasteiger partial charge in [0.05, 0.1) is 0 Å². The summed E-state index contributed by atoms with van der Waals surface area (Å²) in [5.41, 5.74) is 5.51. The molecule has 0 spiro atoms. The van der Waals surface area contributed by atoms with Gasteiger partial charge < -0.3 is 0 Å². The molecule has 1 aliphatic heterocycles. The Morgan fingerprint density at radius 1 is 1.38 bits per heavy atom. The molecule has 48 valence electrons. The summed E-state index contributed by atoms with van der Waals surface area (Å²) in [5, 5.41) is 7.00. The zero-order valence-corrected chi connectivity index (χ0v) is 5.40. The van der Waals surface area contributed by atoms with Crippen molar-refractivity contribution in [1.82, 2.24) is 10.9 Å². The molecule has 0 unspecified atom stereocenters. The van der Waals surface area contributed by atoms with Gasteiger partial charge in [0, 0.05) is 0 Å². The highest BCUT2D eigenvalue weighted by Crippen LogP contribution is 1.90. The van der Waals surface area contributed by atoms with Crippen molar-refractivity contribution in [3.63, 3.8) is 0 Å². The highest BCUT2D eigenvalue weighted by molar-refractivity contribution is 5.85. The standard InChI is InChI=1S/C3H8N4.ClH/c1-2-3-4-6-7-5-3;/h3H,2H2,1H3,(H,4,7)(H,5,6);1H. The third-order valence-electron chi connectivity index (χ3n) is 0.885. The Kier molecular flexibility index (Phi) is 3.26. The predicted octanol–water partition coefficient (Wildman–Crippen LogP) is 0.619. The lowest BCUT2D eigenvalue weighted by Crippen LogP contribution is -2.28. The first-order chi connectivity index (χ1) is 3.43. The van der Waals surface area contributed by atoms with Crippen LogP contribution in [0, 0.1) is 0 Å². The van der Waals surface area contributed by atoms with E-state index in [4.69, 9.17) is 0 Å². The normalized spacial score (nSPS) is 16.6. The van der Waals surface area contributed by atoms with Crippen LogP contribution < -0.4 is 10.9 Å². The van der Waals surface area contributed by atoms with E-state index in [0.29, 0.717) is 0 Å². The molecule has 0 aromatic heterocycles. The molecule has 0 amide bonds. The number of hydrogen-bond donors (Lipinski definition) is 2. The highest BCUT2D eigenvalue weighted by Gasteiger charge is 2.04. The van der Waals surface area contributed by atoms with Gasteiger partial charge in [-0.2, -0.15) is 0 Å². The number of halogens is 1. The second-order valence-electron chi connectivity index (χ2n) is 1.42. The predicted molar refractivity (Wildman–Crippen MR) is 32.5 cm³/mol. The average Bonchev–Trinajstić information content (AvgIpc) is 2.14. The van der Waals surface area contributed by atoms with Gasteiger partial charge in [0.25, 0.3) is 0 Å². The van der Waals surface area contributed by atoms with E-state index in [2.05, 4.69) is 28.2 Å². The van der Waals surface area contributed by atoms with E-state index in [1.165, 1.54) is 0 Å². The molecule has 1 rings (SSSR count). The summed E-state index contributed by atoms with van der Waals surface area (Å²) >= 11 is 0. The average molecular weight is 137 g/mol. The summed E-state index contributed by atoms with van der Waals surface area (Å²) in [7, 11) is 0. The quantitative estimate of drug-likeness (QED) is 0.555. The minimum atomic E-state index is 0. The van der Waals surface area contributed by atoms with Crippen LogP contribution in [0.4, 0.5) is 0 Å². The Labute approximate surface area is 54.1 Å². The summed E-state index contributed by atoms with van der Waals surface area (Å²) in [6.45, 7) is 2.06. The summed E-state index contributed by atoms with van der Waals surface area (Å²) < 4.78 is 0. The first-order valence-electron chi connectivity index (χ1n) is 2.34. The smallest absolute Gasteiger partial charge is 0.131 e. The van der Waals surface area contributed by atoms with Gasteiger partial charge in [-0.1, -0.05) is 17.4 Å². The maximum Gasteiger partial charge on any atom is 0.131 e. The Morgan fingerprint density at radius 3 is 2.12 bits per heavy atom. The molecule has 4 nitrogen and oxygen atoms in total. The molecule has 0 aromatic carbocycles. The fraction of sp³-hybridized carbons (Fsp3) is 1.00. The Balaban J connectivity index is 0.000000490. The lowest BCUT2D eigenvalue weighted by atomic mass is 10.4. The van der Waals surface area contributed by atoms with Crippen LogP contribution in [-0.2, 0) is 0 Å². The third-order valence-corrected chi connectivity index (χ3v) is 0.885. The van der Waals surface area contributed by atoms with Crippen LogP contribution >= 0.6 is 12.4 Å². The first kappa shape index (κ1) is 7.49. The van der Waals surface area contributed by atoms with E-state index in [1.807, 2.05) is 0 Å². The van der Waals surface area contributed by atoms with Crippen LogP contribution in [0.2, 0.25) is 0 Å². The van der Waals surface area contributed by atoms with Crippen molar-refractivity contribution in [2.75, 3.05) is 0 Å². The van der Waals surface area contributed by atoms with Crippen molar-refractivity contribution in [2.24, 2.45) is 10.4 Å². The second kappa shape index (κ2) is 3.49. The zero-order valence-electron chi connectivity index (χ0n) is 4.59. The molecule has 8 heavy (non-hydrogen) atoms. The van der Waals surface area contributed by atoms with Crippen molar-refractivity contribution in [1.29, 1.82) is 0 Å². The number of nitrogens with zero attached hydrogens (tertiary/aromatic N) is 2. The Hall–Kier alpha value is -0.510. The van der Waals surface area contributed by atoms with Crippen molar-refractivity contribution < 1.29 is 0 Å². The van der Waals surface area contributed by atoms with Gasteiger partial charge >= 0.3 is 0 Å². The van der Waals surface area contributed by atoms with E-state index < -0.39 is 0 Å². The van der Waals surface area contributed by atoms with Gasteiger partial charge in [-0.3, -0.25) is 10.9 Å². The van der Waals surface area contributed by atoms with Crippen LogP contribution in [-0.4, -0.2) is 6.17 Å². The molecule has 5 heteroatoms. The molecule has 1 heterocycles. The third kappa shape index (κ3) is 1.54. The maximum atomic E-state index is 3.50. The fourth-order valence-corrected chi connectivity index (χ4v) is 0.409. The summed E-state index contributed by atoms with van der Waals surface area (Å²) in [5.74, 6) is 0. The van der Waals surface area contributed by atoms with Crippen molar-refractivity contribution >= 4 is 12.4 Å². The SMILES string of the molecule is CCC1NN=NN1.Cl. The van der Waals surface area contributed by atoms with Gasteiger partial charge in [0.2, 0.25) is 0 Å². The topological polar surface area (TPSA) is 48.8 Å². The van der Waals surface area contributed by atoms with E-state index in [9.17, 15) is 0 Å². The van der Waals surface area contributed by atoms with Crippen LogP contribution in [0.15, 0.2) is 10.4 Å². The Bertz CT molecular complexity index is 75.4. The Morgan fingerprint density at radius 2 is 1.88 bits per heavy atom. The molecule has 0 saturated heterocycles. The molecular formula is C3H9ClN4. The molecule has 2 N–H and O–H groups in total. The second-order valence-corrected chi connectivity index (χ2v) is 1.42. The highest BCUT2D eigenvalue weighted by atomic mass is 35.5. The molecule has 0 bridgehead atoms. The molecule has 1 aliphatic rings. The van der Waals surface area contributed by atoms with Gasteiger partial charge in [-0.15, -0.1) is 12.4 Å². The molecular weight excluding hydrogens is 128 g/mol. The minimum Gasteiger partial charge on any atom is -0.266 e. The van der Waals surface area contributed by atoms with Gasteiger partial charge in [0.15, 0.2) is 0 Å². The molecule has 0 atom stereocenters.